The molecule has 0 aliphatic carbocycles. The van der Waals surface area contributed by atoms with Gasteiger partial charge >= 0.3 is 11.9 Å². The largest absolute Gasteiger partial charge is 0.481 e. The van der Waals surface area contributed by atoms with Gasteiger partial charge < -0.3 is 36.6 Å². The van der Waals surface area contributed by atoms with Crippen LogP contribution in [-0.2, 0) is 24.0 Å². The SMILES string of the molecule is CCC(C)C(NC(=O)C1CCCN1C(=O)C(N)CCC(=O)O)C(=O)NC(CO)C(=O)O. The number of carboxylic acids is 2. The molecule has 1 heterocycles. The second-order valence-electron chi connectivity index (χ2n) is 7.68. The Kier molecular flexibility index (Phi) is 10.4. The Morgan fingerprint density at radius 1 is 1.16 bits per heavy atom. The molecule has 1 aliphatic rings. The van der Waals surface area contributed by atoms with Crippen LogP contribution in [0.4, 0.5) is 0 Å². The fourth-order valence-corrected chi connectivity index (χ4v) is 3.32. The lowest BCUT2D eigenvalue weighted by molar-refractivity contribution is -0.144. The van der Waals surface area contributed by atoms with Crippen LogP contribution in [0, 0.1) is 5.92 Å². The molecule has 5 unspecified atom stereocenters. The second kappa shape index (κ2) is 12.2. The highest BCUT2D eigenvalue weighted by molar-refractivity contribution is 5.94. The minimum atomic E-state index is -1.51. The molecule has 7 N–H and O–H groups in total. The van der Waals surface area contributed by atoms with E-state index in [2.05, 4.69) is 10.6 Å². The minimum Gasteiger partial charge on any atom is -0.481 e. The molecule has 0 aromatic heterocycles. The lowest BCUT2D eigenvalue weighted by Gasteiger charge is -2.30. The van der Waals surface area contributed by atoms with E-state index in [4.69, 9.17) is 21.1 Å². The summed E-state index contributed by atoms with van der Waals surface area (Å²) < 4.78 is 0. The van der Waals surface area contributed by atoms with Crippen molar-refractivity contribution in [3.63, 3.8) is 0 Å². The number of likely N-dealkylation sites (tertiary alicyclic amines) is 1. The Morgan fingerprint density at radius 3 is 2.32 bits per heavy atom. The number of hydrogen-bond acceptors (Lipinski definition) is 7. The van der Waals surface area contributed by atoms with Crippen molar-refractivity contribution in [2.24, 2.45) is 11.7 Å². The Balaban J connectivity index is 2.89. The van der Waals surface area contributed by atoms with E-state index in [0.717, 1.165) is 0 Å². The zero-order valence-electron chi connectivity index (χ0n) is 17.7. The number of carboxylic acid groups (broad SMARTS) is 2. The molecule has 12 heteroatoms. The quantitative estimate of drug-likeness (QED) is 0.202. The summed E-state index contributed by atoms with van der Waals surface area (Å²) in [6, 6.07) is -4.49. The number of amides is 3. The molecule has 0 spiro atoms. The summed E-state index contributed by atoms with van der Waals surface area (Å²) in [6.45, 7) is 2.98. The van der Waals surface area contributed by atoms with Crippen LogP contribution in [0.2, 0.25) is 0 Å². The van der Waals surface area contributed by atoms with Crippen LogP contribution in [-0.4, -0.2) is 87.2 Å². The maximum absolute atomic E-state index is 12.9. The van der Waals surface area contributed by atoms with Crippen LogP contribution >= 0.6 is 0 Å². The van der Waals surface area contributed by atoms with Gasteiger partial charge in [0.1, 0.15) is 18.1 Å². The second-order valence-corrected chi connectivity index (χ2v) is 7.68. The topological polar surface area (TPSA) is 199 Å². The van der Waals surface area contributed by atoms with E-state index in [9.17, 15) is 24.0 Å². The average molecular weight is 444 g/mol. The highest BCUT2D eigenvalue weighted by Crippen LogP contribution is 2.20. The number of hydrogen-bond donors (Lipinski definition) is 6. The van der Waals surface area contributed by atoms with Crippen molar-refractivity contribution in [3.8, 4) is 0 Å². The number of aliphatic hydroxyl groups excluding tert-OH is 1. The lowest BCUT2D eigenvalue weighted by atomic mass is 9.97. The van der Waals surface area contributed by atoms with Crippen molar-refractivity contribution >= 4 is 29.7 Å². The maximum Gasteiger partial charge on any atom is 0.328 e. The van der Waals surface area contributed by atoms with E-state index in [1.165, 1.54) is 4.90 Å². The average Bonchev–Trinajstić information content (AvgIpc) is 3.22. The van der Waals surface area contributed by atoms with E-state index < -0.39 is 60.4 Å². The molecule has 1 fully saturated rings. The number of aliphatic hydroxyl groups is 1. The Morgan fingerprint density at radius 2 is 1.81 bits per heavy atom. The van der Waals surface area contributed by atoms with Gasteiger partial charge in [-0.2, -0.15) is 0 Å². The van der Waals surface area contributed by atoms with E-state index in [-0.39, 0.29) is 25.3 Å². The first-order chi connectivity index (χ1) is 14.5. The Labute approximate surface area is 180 Å². The predicted molar refractivity (Wildman–Crippen MR) is 108 cm³/mol. The first-order valence-corrected chi connectivity index (χ1v) is 10.3. The molecule has 0 radical (unpaired) electrons. The number of aliphatic carboxylic acids is 2. The monoisotopic (exact) mass is 444 g/mol. The molecular weight excluding hydrogens is 412 g/mol. The maximum atomic E-state index is 12.9. The summed E-state index contributed by atoms with van der Waals surface area (Å²) >= 11 is 0. The minimum absolute atomic E-state index is 0.0609. The summed E-state index contributed by atoms with van der Waals surface area (Å²) in [5.41, 5.74) is 5.80. The van der Waals surface area contributed by atoms with Crippen LogP contribution in [0.25, 0.3) is 0 Å². The van der Waals surface area contributed by atoms with E-state index >= 15 is 0 Å². The van der Waals surface area contributed by atoms with Gasteiger partial charge in [-0.05, 0) is 25.2 Å². The molecule has 0 aromatic carbocycles. The van der Waals surface area contributed by atoms with E-state index in [1.54, 1.807) is 13.8 Å². The van der Waals surface area contributed by atoms with E-state index in [1.807, 2.05) is 0 Å². The van der Waals surface area contributed by atoms with Gasteiger partial charge in [0.05, 0.1) is 12.6 Å². The molecular formula is C19H32N4O8. The molecule has 1 rings (SSSR count). The Hall–Kier alpha value is -2.73. The normalized spacial score (nSPS) is 19.7. The van der Waals surface area contributed by atoms with Gasteiger partial charge in [-0.1, -0.05) is 20.3 Å². The number of carbonyl (C=O) groups is 5. The van der Waals surface area contributed by atoms with Gasteiger partial charge in [0.15, 0.2) is 0 Å². The highest BCUT2D eigenvalue weighted by Gasteiger charge is 2.38. The summed E-state index contributed by atoms with van der Waals surface area (Å²) in [4.78, 5) is 61.1. The van der Waals surface area contributed by atoms with Crippen molar-refractivity contribution in [2.45, 2.75) is 70.1 Å². The molecule has 3 amide bonds. The number of carbonyl (C=O) groups excluding carboxylic acids is 3. The summed E-state index contributed by atoms with van der Waals surface area (Å²) in [5.74, 6) is -4.70. The van der Waals surface area contributed by atoms with Gasteiger partial charge in [0.2, 0.25) is 17.7 Å². The molecule has 1 saturated heterocycles. The van der Waals surface area contributed by atoms with E-state index in [0.29, 0.717) is 19.3 Å². The predicted octanol–water partition coefficient (Wildman–Crippen LogP) is -1.74. The van der Waals surface area contributed by atoms with Crippen molar-refractivity contribution < 1.29 is 39.3 Å². The highest BCUT2D eigenvalue weighted by atomic mass is 16.4. The van der Waals surface area contributed by atoms with Crippen molar-refractivity contribution in [3.05, 3.63) is 0 Å². The molecule has 176 valence electrons. The van der Waals surface area contributed by atoms with Crippen LogP contribution in [0.5, 0.6) is 0 Å². The smallest absolute Gasteiger partial charge is 0.328 e. The van der Waals surface area contributed by atoms with Crippen LogP contribution in [0.1, 0.15) is 46.0 Å². The van der Waals surface area contributed by atoms with Gasteiger partial charge in [-0.25, -0.2) is 4.79 Å². The molecule has 5 atom stereocenters. The van der Waals surface area contributed by atoms with Gasteiger partial charge in [-0.15, -0.1) is 0 Å². The number of rotatable bonds is 12. The molecule has 0 saturated carbocycles. The number of nitrogens with one attached hydrogen (secondary N) is 2. The van der Waals surface area contributed by atoms with Crippen LogP contribution in [0.15, 0.2) is 0 Å². The van der Waals surface area contributed by atoms with Crippen molar-refractivity contribution in [2.75, 3.05) is 13.2 Å². The van der Waals surface area contributed by atoms with Gasteiger partial charge in [-0.3, -0.25) is 19.2 Å². The molecule has 1 aliphatic heterocycles. The molecule has 0 aromatic rings. The molecule has 31 heavy (non-hydrogen) atoms. The third-order valence-corrected chi connectivity index (χ3v) is 5.42. The first kappa shape index (κ1) is 26.3. The third kappa shape index (κ3) is 7.47. The number of nitrogens with two attached hydrogens (primary N) is 1. The summed E-state index contributed by atoms with van der Waals surface area (Å²) in [7, 11) is 0. The summed E-state index contributed by atoms with van der Waals surface area (Å²) in [5, 5.41) is 31.7. The van der Waals surface area contributed by atoms with Crippen LogP contribution < -0.4 is 16.4 Å². The van der Waals surface area contributed by atoms with Gasteiger partial charge in [0.25, 0.3) is 0 Å². The zero-order chi connectivity index (χ0) is 23.7. The lowest BCUT2D eigenvalue weighted by Crippen LogP contribution is -2.58. The standard InChI is InChI=1S/C19H32N4O8/c1-3-10(2)15(17(28)21-12(9-24)19(30)31)22-16(27)13-5-4-8-23(13)18(29)11(20)6-7-14(25)26/h10-13,15,24H,3-9,20H2,1-2H3,(H,21,28)(H,22,27)(H,25,26)(H,30,31). The molecule has 12 nitrogen and oxygen atoms in total. The fourth-order valence-electron chi connectivity index (χ4n) is 3.32. The fraction of sp³-hybridized carbons (Fsp3) is 0.737. The first-order valence-electron chi connectivity index (χ1n) is 10.3. The van der Waals surface area contributed by atoms with Crippen molar-refractivity contribution in [1.29, 1.82) is 0 Å². The third-order valence-electron chi connectivity index (χ3n) is 5.42. The Bertz CT molecular complexity index is 686. The van der Waals surface area contributed by atoms with Crippen molar-refractivity contribution in [1.82, 2.24) is 15.5 Å². The summed E-state index contributed by atoms with van der Waals surface area (Å²) in [6.07, 6.45) is 1.06. The number of nitrogens with zero attached hydrogens (tertiary/aromatic N) is 1. The molecule has 0 bridgehead atoms. The van der Waals surface area contributed by atoms with Gasteiger partial charge in [0, 0.05) is 13.0 Å². The zero-order valence-corrected chi connectivity index (χ0v) is 17.7. The van der Waals surface area contributed by atoms with Crippen LogP contribution in [0.3, 0.4) is 0 Å².